The van der Waals surface area contributed by atoms with Crippen molar-refractivity contribution in [1.29, 1.82) is 0 Å². The molecule has 4 heteroatoms. The minimum Gasteiger partial charge on any atom is -0.392 e. The summed E-state index contributed by atoms with van der Waals surface area (Å²) in [5.41, 5.74) is 0. The molecule has 4 nitrogen and oxygen atoms in total. The van der Waals surface area contributed by atoms with Crippen LogP contribution >= 0.6 is 0 Å². The molecule has 0 saturated carbocycles. The zero-order valence-electron chi connectivity index (χ0n) is 8.69. The fourth-order valence-corrected chi connectivity index (χ4v) is 1.27. The molecular formula is C10H19N3O. The summed E-state index contributed by atoms with van der Waals surface area (Å²) in [7, 11) is 0. The Bertz CT molecular complexity index is 221. The lowest BCUT2D eigenvalue weighted by Gasteiger charge is -2.06. The van der Waals surface area contributed by atoms with Crippen LogP contribution in [0.15, 0.2) is 18.7 Å². The Labute approximate surface area is 85.0 Å². The molecule has 1 rings (SSSR count). The van der Waals surface area contributed by atoms with Gasteiger partial charge in [-0.2, -0.15) is 0 Å². The predicted molar refractivity (Wildman–Crippen MR) is 56.0 cm³/mol. The molecule has 1 aromatic rings. The highest BCUT2D eigenvalue weighted by Gasteiger charge is 1.94. The summed E-state index contributed by atoms with van der Waals surface area (Å²) >= 11 is 0. The average Bonchev–Trinajstić information content (AvgIpc) is 2.63. The molecule has 0 amide bonds. The summed E-state index contributed by atoms with van der Waals surface area (Å²) in [5.74, 6) is 0. The molecule has 1 atom stereocenters. The van der Waals surface area contributed by atoms with Gasteiger partial charge in [0.25, 0.3) is 0 Å². The quantitative estimate of drug-likeness (QED) is 0.630. The molecular weight excluding hydrogens is 178 g/mol. The van der Waals surface area contributed by atoms with E-state index >= 15 is 0 Å². The van der Waals surface area contributed by atoms with Gasteiger partial charge in [-0.1, -0.05) is 0 Å². The average molecular weight is 197 g/mol. The summed E-state index contributed by atoms with van der Waals surface area (Å²) in [4.78, 5) is 3.97. The van der Waals surface area contributed by atoms with Crippen LogP contribution in [0, 0.1) is 0 Å². The lowest BCUT2D eigenvalue weighted by molar-refractivity contribution is 0.191. The van der Waals surface area contributed by atoms with Gasteiger partial charge < -0.3 is 15.0 Å². The first-order valence-corrected chi connectivity index (χ1v) is 5.13. The van der Waals surface area contributed by atoms with Crippen LogP contribution in [0.2, 0.25) is 0 Å². The maximum atomic E-state index is 8.98. The fourth-order valence-electron chi connectivity index (χ4n) is 1.27. The normalized spacial score (nSPS) is 13.0. The highest BCUT2D eigenvalue weighted by Crippen LogP contribution is 1.93. The summed E-state index contributed by atoms with van der Waals surface area (Å²) in [6, 6.07) is 0. The van der Waals surface area contributed by atoms with E-state index in [-0.39, 0.29) is 6.10 Å². The summed E-state index contributed by atoms with van der Waals surface area (Å²) in [5, 5.41) is 12.2. The fraction of sp³-hybridized carbons (Fsp3) is 0.700. The Morgan fingerprint density at radius 1 is 1.50 bits per heavy atom. The van der Waals surface area contributed by atoms with Gasteiger partial charge in [-0.25, -0.2) is 4.98 Å². The van der Waals surface area contributed by atoms with Gasteiger partial charge in [-0.3, -0.25) is 0 Å². The van der Waals surface area contributed by atoms with Crippen LogP contribution in [0.3, 0.4) is 0 Å². The molecule has 2 N–H and O–H groups in total. The minimum atomic E-state index is -0.247. The molecule has 14 heavy (non-hydrogen) atoms. The third-order valence-corrected chi connectivity index (χ3v) is 2.02. The summed E-state index contributed by atoms with van der Waals surface area (Å²) in [6.07, 6.45) is 7.63. The topological polar surface area (TPSA) is 50.1 Å². The molecule has 0 radical (unpaired) electrons. The van der Waals surface area contributed by atoms with Crippen LogP contribution < -0.4 is 5.32 Å². The Hall–Kier alpha value is -0.870. The number of imidazole rings is 1. The van der Waals surface area contributed by atoms with Gasteiger partial charge >= 0.3 is 0 Å². The van der Waals surface area contributed by atoms with Crippen LogP contribution in [0.5, 0.6) is 0 Å². The van der Waals surface area contributed by atoms with Crippen LogP contribution in [0.1, 0.15) is 19.8 Å². The number of aromatic nitrogens is 2. The zero-order chi connectivity index (χ0) is 10.2. The largest absolute Gasteiger partial charge is 0.392 e. The molecule has 0 saturated heterocycles. The van der Waals surface area contributed by atoms with Crippen molar-refractivity contribution in [3.63, 3.8) is 0 Å². The number of aryl methyl sites for hydroxylation is 1. The summed E-state index contributed by atoms with van der Waals surface area (Å²) in [6.45, 7) is 4.47. The van der Waals surface area contributed by atoms with Crippen molar-refractivity contribution < 1.29 is 5.11 Å². The molecule has 0 aromatic carbocycles. The van der Waals surface area contributed by atoms with Gasteiger partial charge in [0.2, 0.25) is 0 Å². The molecule has 0 bridgehead atoms. The van der Waals surface area contributed by atoms with Crippen molar-refractivity contribution in [3.8, 4) is 0 Å². The third-order valence-electron chi connectivity index (χ3n) is 2.02. The smallest absolute Gasteiger partial charge is 0.0945 e. The van der Waals surface area contributed by atoms with Crippen molar-refractivity contribution >= 4 is 0 Å². The number of nitrogens with zero attached hydrogens (tertiary/aromatic N) is 2. The van der Waals surface area contributed by atoms with Gasteiger partial charge in [0.1, 0.15) is 0 Å². The second-order valence-corrected chi connectivity index (χ2v) is 3.56. The van der Waals surface area contributed by atoms with Gasteiger partial charge in [0.15, 0.2) is 0 Å². The molecule has 0 spiro atoms. The molecule has 0 fully saturated rings. The summed E-state index contributed by atoms with van der Waals surface area (Å²) < 4.78 is 2.08. The SMILES string of the molecule is C[C@@H](O)CNCCCCn1ccnc1. The molecule has 0 aliphatic carbocycles. The Balaban J connectivity index is 1.90. The minimum absolute atomic E-state index is 0.247. The Morgan fingerprint density at radius 3 is 3.00 bits per heavy atom. The molecule has 0 aliphatic heterocycles. The first kappa shape index (κ1) is 11.2. The monoisotopic (exact) mass is 197 g/mol. The van der Waals surface area contributed by atoms with E-state index in [0.29, 0.717) is 6.54 Å². The van der Waals surface area contributed by atoms with Crippen molar-refractivity contribution in [3.05, 3.63) is 18.7 Å². The standard InChI is InChI=1S/C10H19N3O/c1-10(14)8-11-4-2-3-6-13-7-5-12-9-13/h5,7,9-11,14H,2-4,6,8H2,1H3/t10-/m1/s1. The van der Waals surface area contributed by atoms with E-state index in [4.69, 9.17) is 5.11 Å². The van der Waals surface area contributed by atoms with Crippen LogP contribution in [0.4, 0.5) is 0 Å². The van der Waals surface area contributed by atoms with E-state index < -0.39 is 0 Å². The second-order valence-electron chi connectivity index (χ2n) is 3.56. The number of aliphatic hydroxyl groups excluding tert-OH is 1. The van der Waals surface area contributed by atoms with Crippen molar-refractivity contribution in [2.24, 2.45) is 0 Å². The number of hydrogen-bond donors (Lipinski definition) is 2. The van der Waals surface area contributed by atoms with Gasteiger partial charge in [0, 0.05) is 25.5 Å². The maximum Gasteiger partial charge on any atom is 0.0945 e. The third kappa shape index (κ3) is 4.99. The molecule has 1 heterocycles. The second kappa shape index (κ2) is 6.56. The predicted octanol–water partition coefficient (Wildman–Crippen LogP) is 0.634. The van der Waals surface area contributed by atoms with Crippen molar-refractivity contribution in [2.75, 3.05) is 13.1 Å². The number of hydrogen-bond acceptors (Lipinski definition) is 3. The molecule has 1 aromatic heterocycles. The van der Waals surface area contributed by atoms with Crippen LogP contribution in [0.25, 0.3) is 0 Å². The lowest BCUT2D eigenvalue weighted by atomic mass is 10.3. The van der Waals surface area contributed by atoms with E-state index in [9.17, 15) is 0 Å². The molecule has 0 unspecified atom stereocenters. The van der Waals surface area contributed by atoms with E-state index in [1.807, 2.05) is 12.5 Å². The molecule has 0 aliphatic rings. The van der Waals surface area contributed by atoms with Crippen LogP contribution in [-0.4, -0.2) is 33.9 Å². The number of nitrogens with one attached hydrogen (secondary N) is 1. The molecule has 80 valence electrons. The van der Waals surface area contributed by atoms with E-state index in [1.165, 1.54) is 0 Å². The first-order valence-electron chi connectivity index (χ1n) is 5.13. The van der Waals surface area contributed by atoms with E-state index in [0.717, 1.165) is 25.9 Å². The van der Waals surface area contributed by atoms with Crippen molar-refractivity contribution in [2.45, 2.75) is 32.4 Å². The maximum absolute atomic E-state index is 8.98. The number of unbranched alkanes of at least 4 members (excludes halogenated alkanes) is 1. The van der Waals surface area contributed by atoms with E-state index in [2.05, 4.69) is 14.9 Å². The highest BCUT2D eigenvalue weighted by atomic mass is 16.3. The number of rotatable bonds is 7. The van der Waals surface area contributed by atoms with Crippen LogP contribution in [-0.2, 0) is 6.54 Å². The zero-order valence-corrected chi connectivity index (χ0v) is 8.69. The Morgan fingerprint density at radius 2 is 2.36 bits per heavy atom. The van der Waals surface area contributed by atoms with Gasteiger partial charge in [0.05, 0.1) is 12.4 Å². The number of aliphatic hydroxyl groups is 1. The van der Waals surface area contributed by atoms with Crippen molar-refractivity contribution in [1.82, 2.24) is 14.9 Å². The first-order chi connectivity index (χ1) is 6.79. The van der Waals surface area contributed by atoms with E-state index in [1.54, 1.807) is 13.1 Å². The highest BCUT2D eigenvalue weighted by molar-refractivity contribution is 4.73. The van der Waals surface area contributed by atoms with Gasteiger partial charge in [-0.15, -0.1) is 0 Å². The Kier molecular flexibility index (Phi) is 5.25. The van der Waals surface area contributed by atoms with Gasteiger partial charge in [-0.05, 0) is 26.3 Å². The lowest BCUT2D eigenvalue weighted by Crippen LogP contribution is -2.25.